The molecular weight excluding hydrogens is 1080 g/mol. The number of hydrogen-bond acceptors (Lipinski definition) is 0. The predicted molar refractivity (Wildman–Crippen MR) is 379 cm³/mol. The molecule has 410 valence electrons. The van der Waals surface area contributed by atoms with E-state index in [1.165, 1.54) is 0 Å². The van der Waals surface area contributed by atoms with Gasteiger partial charge in [0.15, 0.2) is 0 Å². The number of hydrogen-bond donors (Lipinski definition) is 0. The van der Waals surface area contributed by atoms with Gasteiger partial charge >= 0.3 is 0 Å². The van der Waals surface area contributed by atoms with Crippen LogP contribution in [0.15, 0.2) is 255 Å². The van der Waals surface area contributed by atoms with Crippen LogP contribution in [0, 0.1) is 98.8 Å². The van der Waals surface area contributed by atoms with Crippen LogP contribution in [0.5, 0.6) is 0 Å². The van der Waals surface area contributed by atoms with Gasteiger partial charge in [-0.05, 0) is 206 Å². The lowest BCUT2D eigenvalue weighted by atomic mass is 9.82. The van der Waals surface area contributed by atoms with Crippen LogP contribution >= 0.6 is 0 Å². The van der Waals surface area contributed by atoms with E-state index in [1.807, 2.05) is 84.9 Å². The van der Waals surface area contributed by atoms with Crippen LogP contribution < -0.4 is 0 Å². The van der Waals surface area contributed by atoms with Crippen molar-refractivity contribution >= 4 is 21.5 Å². The Balaban J connectivity index is 1.06. The number of terminal acetylenes is 8. The first-order valence-corrected chi connectivity index (χ1v) is 29.2. The van der Waals surface area contributed by atoms with Gasteiger partial charge < -0.3 is 0 Å². The van der Waals surface area contributed by atoms with Crippen LogP contribution in [0.25, 0.3) is 133 Å². The zero-order chi connectivity index (χ0) is 61.8. The van der Waals surface area contributed by atoms with Crippen LogP contribution in [0.2, 0.25) is 0 Å². The molecule has 0 saturated carbocycles. The largest absolute Gasteiger partial charge is 0.115 e. The molecule has 0 N–H and O–H groups in total. The van der Waals surface area contributed by atoms with Gasteiger partial charge in [0.05, 0.1) is 0 Å². The summed E-state index contributed by atoms with van der Waals surface area (Å²) in [7, 11) is 0. The molecule has 0 radical (unpaired) electrons. The quantitative estimate of drug-likeness (QED) is 0.0946. The van der Waals surface area contributed by atoms with Crippen LogP contribution in [0.4, 0.5) is 0 Å². The van der Waals surface area contributed by atoms with Gasteiger partial charge in [0, 0.05) is 44.5 Å². The molecule has 0 fully saturated rings. The molecule has 0 aromatic heterocycles. The van der Waals surface area contributed by atoms with Crippen molar-refractivity contribution < 1.29 is 0 Å². The van der Waals surface area contributed by atoms with Crippen LogP contribution in [0.1, 0.15) is 44.5 Å². The summed E-state index contributed by atoms with van der Waals surface area (Å²) in [4.78, 5) is 0. The lowest BCUT2D eigenvalue weighted by molar-refractivity contribution is 1.51. The van der Waals surface area contributed by atoms with Gasteiger partial charge in [-0.15, -0.1) is 51.4 Å². The van der Waals surface area contributed by atoms with E-state index >= 15 is 0 Å². The summed E-state index contributed by atoms with van der Waals surface area (Å²) in [6.45, 7) is 0. The van der Waals surface area contributed by atoms with E-state index in [4.69, 9.17) is 51.4 Å². The Morgan fingerprint density at radius 2 is 0.433 bits per heavy atom. The zero-order valence-electron chi connectivity index (χ0n) is 48.9. The molecule has 0 saturated heterocycles. The zero-order valence-corrected chi connectivity index (χ0v) is 48.9. The van der Waals surface area contributed by atoms with Gasteiger partial charge in [0.2, 0.25) is 0 Å². The normalized spacial score (nSPS) is 10.6. The molecule has 90 heavy (non-hydrogen) atoms. The summed E-state index contributed by atoms with van der Waals surface area (Å²) < 4.78 is 0. The highest BCUT2D eigenvalue weighted by molar-refractivity contribution is 6.22. The van der Waals surface area contributed by atoms with Crippen molar-refractivity contribution in [3.05, 3.63) is 299 Å². The Labute approximate surface area is 527 Å². The Bertz CT molecular complexity index is 5090. The van der Waals surface area contributed by atoms with Crippen molar-refractivity contribution in [3.8, 4) is 210 Å². The molecule has 0 aliphatic carbocycles. The maximum absolute atomic E-state index is 6.34. The summed E-state index contributed by atoms with van der Waals surface area (Å²) in [5.41, 5.74) is 24.1. The summed E-state index contributed by atoms with van der Waals surface area (Å²) in [6.07, 6.45) is 49.5. The van der Waals surface area contributed by atoms with Gasteiger partial charge in [0.1, 0.15) is 0 Å². The monoisotopic (exact) mass is 1130 g/mol. The maximum atomic E-state index is 6.34. The SMILES string of the molecule is C#Cc1cccc(-c2ccc(-c3cc(-c4ccccc4)cc(-c4c5ccccc5c(-c5cc(-c6ccccc6)cc(-c6ccc(-c7cccc(C#C)c7C#C)c(-c7cccc(C#C)c7C#C)c6)c5)c5ccccc45)c3)cc2-c2cccc(C#C)c2C#C)c1C#C. The number of benzene rings is 13. The third-order valence-electron chi connectivity index (χ3n) is 16.9. The molecule has 13 aromatic rings. The van der Waals surface area contributed by atoms with Crippen LogP contribution in [-0.2, 0) is 0 Å². The Hall–Kier alpha value is -13.1. The van der Waals surface area contributed by atoms with Gasteiger partial charge in [0.25, 0.3) is 0 Å². The standard InChI is InChI=1S/C90H50/c1-9-59-35-27-43-77(73(59)13-5)81-49-47-65(57-87(81)79-45-29-37-61(11-3)75(79)15-7)69-51-67(63-31-19-17-20-32-63)53-71(55-69)89-83-39-23-25-41-85(83)90(86-42-26-24-40-84(86)89)72-54-68(64-33-21-18-22-34-64)52-70(56-72)66-48-50-82(78-44-28-36-60(10-2)74(78)14-6)88(58-66)80-46-30-38-62(12-4)76(80)16-8/h1-8,17-58H. The Kier molecular flexibility index (Phi) is 15.0. The minimum Gasteiger partial charge on any atom is -0.115 e. The molecule has 0 spiro atoms. The van der Waals surface area contributed by atoms with Gasteiger partial charge in [-0.3, -0.25) is 0 Å². The molecule has 0 aliphatic rings. The fraction of sp³-hybridized carbons (Fsp3) is 0. The molecule has 13 aromatic carbocycles. The van der Waals surface area contributed by atoms with Crippen molar-refractivity contribution in [1.82, 2.24) is 0 Å². The Morgan fingerprint density at radius 3 is 0.722 bits per heavy atom. The van der Waals surface area contributed by atoms with E-state index in [0.717, 1.165) is 133 Å². The van der Waals surface area contributed by atoms with Crippen LogP contribution in [-0.4, -0.2) is 0 Å². The van der Waals surface area contributed by atoms with E-state index in [9.17, 15) is 0 Å². The van der Waals surface area contributed by atoms with E-state index in [-0.39, 0.29) is 0 Å². The highest BCUT2D eigenvalue weighted by Crippen LogP contribution is 2.49. The second-order valence-corrected chi connectivity index (χ2v) is 21.8. The van der Waals surface area contributed by atoms with E-state index in [2.05, 4.69) is 217 Å². The predicted octanol–water partition coefficient (Wildman–Crippen LogP) is 20.5. The average molecular weight is 1130 g/mol. The first-order chi connectivity index (χ1) is 44.3. The van der Waals surface area contributed by atoms with Crippen molar-refractivity contribution in [2.24, 2.45) is 0 Å². The third-order valence-corrected chi connectivity index (χ3v) is 16.9. The van der Waals surface area contributed by atoms with Crippen molar-refractivity contribution in [2.45, 2.75) is 0 Å². The molecule has 13 rings (SSSR count). The highest BCUT2D eigenvalue weighted by Gasteiger charge is 2.23. The fourth-order valence-corrected chi connectivity index (χ4v) is 12.8. The molecule has 0 heterocycles. The fourth-order valence-electron chi connectivity index (χ4n) is 12.8. The van der Waals surface area contributed by atoms with Crippen molar-refractivity contribution in [1.29, 1.82) is 0 Å². The van der Waals surface area contributed by atoms with Gasteiger partial charge in [-0.2, -0.15) is 0 Å². The molecule has 0 bridgehead atoms. The van der Waals surface area contributed by atoms with Gasteiger partial charge in [-0.1, -0.05) is 229 Å². The summed E-state index contributed by atoms with van der Waals surface area (Å²) >= 11 is 0. The highest BCUT2D eigenvalue weighted by atomic mass is 14.3. The van der Waals surface area contributed by atoms with Crippen LogP contribution in [0.3, 0.4) is 0 Å². The van der Waals surface area contributed by atoms with Gasteiger partial charge in [-0.25, -0.2) is 0 Å². The average Bonchev–Trinajstić information content (AvgIpc) is 0.890. The lowest BCUT2D eigenvalue weighted by Crippen LogP contribution is -1.96. The molecule has 0 atom stereocenters. The first kappa shape index (κ1) is 56.0. The van der Waals surface area contributed by atoms with E-state index in [1.54, 1.807) is 0 Å². The molecule has 0 amide bonds. The first-order valence-electron chi connectivity index (χ1n) is 29.2. The lowest BCUT2D eigenvalue weighted by Gasteiger charge is -2.21. The summed E-state index contributed by atoms with van der Waals surface area (Å²) in [6, 6.07) is 88.5. The summed E-state index contributed by atoms with van der Waals surface area (Å²) in [5, 5.41) is 4.35. The molecule has 0 nitrogen and oxygen atoms in total. The second kappa shape index (κ2) is 24.1. The molecule has 0 unspecified atom stereocenters. The maximum Gasteiger partial charge on any atom is 0.0477 e. The third kappa shape index (κ3) is 9.92. The topological polar surface area (TPSA) is 0 Å². The van der Waals surface area contributed by atoms with E-state index < -0.39 is 0 Å². The van der Waals surface area contributed by atoms with Crippen molar-refractivity contribution in [2.75, 3.05) is 0 Å². The summed E-state index contributed by atoms with van der Waals surface area (Å²) in [5.74, 6) is 22.9. The number of rotatable bonds is 10. The minimum atomic E-state index is 0.613. The van der Waals surface area contributed by atoms with Crippen molar-refractivity contribution in [3.63, 3.8) is 0 Å². The molecule has 0 aliphatic heterocycles. The molecular formula is C90H50. The minimum absolute atomic E-state index is 0.613. The number of fused-ring (bicyclic) bond motifs is 2. The van der Waals surface area contributed by atoms with E-state index in [0.29, 0.717) is 44.5 Å². The smallest absolute Gasteiger partial charge is 0.0477 e. The molecule has 0 heteroatoms. The second-order valence-electron chi connectivity index (χ2n) is 21.8. The Morgan fingerprint density at radius 1 is 0.167 bits per heavy atom.